The molecule has 8 nitrogen and oxygen atoms in total. The van der Waals surface area contributed by atoms with Crippen molar-refractivity contribution in [3.05, 3.63) is 99.9 Å². The molecule has 0 saturated carbocycles. The smallest absolute Gasteiger partial charge is 0.287 e. The van der Waals surface area contributed by atoms with Crippen molar-refractivity contribution in [3.8, 4) is 6.07 Å². The Hall–Kier alpha value is -4.51. The van der Waals surface area contributed by atoms with Gasteiger partial charge in [0.05, 0.1) is 22.8 Å². The van der Waals surface area contributed by atoms with E-state index in [2.05, 4.69) is 26.1 Å². The number of nitriles is 1. The second kappa shape index (κ2) is 8.24. The maximum Gasteiger partial charge on any atom is 0.287 e. The van der Waals surface area contributed by atoms with Gasteiger partial charge in [-0.15, -0.1) is 0 Å². The van der Waals surface area contributed by atoms with Gasteiger partial charge in [-0.25, -0.2) is 4.98 Å². The van der Waals surface area contributed by atoms with Crippen molar-refractivity contribution in [1.82, 2.24) is 9.55 Å². The van der Waals surface area contributed by atoms with Gasteiger partial charge in [-0.05, 0) is 23.8 Å². The standard InChI is InChI=1S/C22H16N6O2/c23-11-16-5-1-2-6-17(16)14-27-15-18(20-7-3-4-8-21(20)27)12-25-26-22-10-9-19(13-24-22)28(29)30/h1-10,12-13,15H,14H2,(H,24,26). The summed E-state index contributed by atoms with van der Waals surface area (Å²) in [5, 5.41) is 25.3. The number of hydrogen-bond acceptors (Lipinski definition) is 6. The third kappa shape index (κ3) is 3.86. The number of para-hydroxylation sites is 1. The van der Waals surface area contributed by atoms with Crippen LogP contribution in [0, 0.1) is 21.4 Å². The molecular weight excluding hydrogens is 380 g/mol. The van der Waals surface area contributed by atoms with E-state index >= 15 is 0 Å². The van der Waals surface area contributed by atoms with Crippen LogP contribution < -0.4 is 5.43 Å². The van der Waals surface area contributed by atoms with Gasteiger partial charge in [-0.1, -0.05) is 36.4 Å². The Bertz CT molecular complexity index is 1290. The summed E-state index contributed by atoms with van der Waals surface area (Å²) >= 11 is 0. The average Bonchev–Trinajstić information content (AvgIpc) is 3.12. The van der Waals surface area contributed by atoms with E-state index in [1.54, 1.807) is 6.21 Å². The molecule has 0 amide bonds. The fourth-order valence-electron chi connectivity index (χ4n) is 3.19. The largest absolute Gasteiger partial charge is 0.342 e. The highest BCUT2D eigenvalue weighted by Crippen LogP contribution is 2.22. The van der Waals surface area contributed by atoms with Gasteiger partial charge in [0, 0.05) is 35.3 Å². The van der Waals surface area contributed by atoms with E-state index in [0.717, 1.165) is 22.0 Å². The molecule has 1 N–H and O–H groups in total. The monoisotopic (exact) mass is 396 g/mol. The Morgan fingerprint density at radius 2 is 1.97 bits per heavy atom. The van der Waals surface area contributed by atoms with E-state index in [4.69, 9.17) is 0 Å². The van der Waals surface area contributed by atoms with Crippen LogP contribution in [0.2, 0.25) is 0 Å². The molecule has 0 atom stereocenters. The lowest BCUT2D eigenvalue weighted by Crippen LogP contribution is -2.00. The quantitative estimate of drug-likeness (QED) is 0.297. The molecule has 0 spiro atoms. The summed E-state index contributed by atoms with van der Waals surface area (Å²) in [7, 11) is 0. The van der Waals surface area contributed by atoms with Crippen LogP contribution in [0.25, 0.3) is 10.9 Å². The minimum Gasteiger partial charge on any atom is -0.342 e. The van der Waals surface area contributed by atoms with Gasteiger partial charge in [0.15, 0.2) is 0 Å². The van der Waals surface area contributed by atoms with Crippen LogP contribution in [0.15, 0.2) is 78.2 Å². The molecule has 0 radical (unpaired) electrons. The number of anilines is 1. The van der Waals surface area contributed by atoms with E-state index in [1.807, 2.05) is 54.7 Å². The number of rotatable bonds is 6. The second-order valence-electron chi connectivity index (χ2n) is 6.53. The number of fused-ring (bicyclic) bond motifs is 1. The van der Waals surface area contributed by atoms with Gasteiger partial charge >= 0.3 is 0 Å². The van der Waals surface area contributed by atoms with E-state index in [1.165, 1.54) is 18.3 Å². The van der Waals surface area contributed by atoms with Crippen LogP contribution >= 0.6 is 0 Å². The first-order valence-corrected chi connectivity index (χ1v) is 9.11. The third-order valence-electron chi connectivity index (χ3n) is 4.64. The molecule has 0 aliphatic carbocycles. The SMILES string of the molecule is N#Cc1ccccc1Cn1cc(C=NNc2ccc([N+](=O)[O-])cn2)c2ccccc21. The minimum atomic E-state index is -0.501. The Morgan fingerprint density at radius 3 is 2.73 bits per heavy atom. The molecule has 2 aromatic heterocycles. The highest BCUT2D eigenvalue weighted by atomic mass is 16.6. The molecule has 0 aliphatic heterocycles. The van der Waals surface area contributed by atoms with Crippen LogP contribution in [0.1, 0.15) is 16.7 Å². The summed E-state index contributed by atoms with van der Waals surface area (Å²) in [5.74, 6) is 0.406. The average molecular weight is 396 g/mol. The molecule has 146 valence electrons. The van der Waals surface area contributed by atoms with Crippen LogP contribution in [-0.4, -0.2) is 20.7 Å². The fourth-order valence-corrected chi connectivity index (χ4v) is 3.19. The van der Waals surface area contributed by atoms with E-state index < -0.39 is 4.92 Å². The normalized spacial score (nSPS) is 10.9. The fraction of sp³-hybridized carbons (Fsp3) is 0.0455. The molecule has 0 fully saturated rings. The van der Waals surface area contributed by atoms with Crippen LogP contribution in [0.5, 0.6) is 0 Å². The Balaban J connectivity index is 1.59. The number of aromatic nitrogens is 2. The summed E-state index contributed by atoms with van der Waals surface area (Å²) in [5.41, 5.74) is 6.22. The molecule has 30 heavy (non-hydrogen) atoms. The van der Waals surface area contributed by atoms with Gasteiger partial charge in [-0.3, -0.25) is 15.5 Å². The Kier molecular flexibility index (Phi) is 5.17. The molecule has 8 heteroatoms. The Labute approximate surface area is 171 Å². The highest BCUT2D eigenvalue weighted by Gasteiger charge is 2.09. The van der Waals surface area contributed by atoms with Crippen LogP contribution in [-0.2, 0) is 6.54 Å². The predicted molar refractivity (Wildman–Crippen MR) is 114 cm³/mol. The van der Waals surface area contributed by atoms with E-state index in [9.17, 15) is 15.4 Å². The summed E-state index contributed by atoms with van der Waals surface area (Å²) in [6, 6.07) is 20.6. The molecule has 0 aliphatic rings. The molecule has 0 unspecified atom stereocenters. The first-order chi connectivity index (χ1) is 14.7. The molecule has 4 aromatic rings. The number of benzene rings is 2. The molecule has 4 rings (SSSR count). The zero-order valence-corrected chi connectivity index (χ0v) is 15.8. The topological polar surface area (TPSA) is 109 Å². The van der Waals surface area contributed by atoms with Gasteiger partial charge in [0.2, 0.25) is 0 Å². The molecule has 0 bridgehead atoms. The lowest BCUT2D eigenvalue weighted by molar-refractivity contribution is -0.385. The molecular formula is C22H16N6O2. The number of nitrogens with zero attached hydrogens (tertiary/aromatic N) is 5. The second-order valence-corrected chi connectivity index (χ2v) is 6.53. The first kappa shape index (κ1) is 18.8. The Morgan fingerprint density at radius 1 is 1.17 bits per heavy atom. The van der Waals surface area contributed by atoms with Gasteiger partial charge in [0.1, 0.15) is 12.0 Å². The maximum absolute atomic E-state index is 10.7. The number of hydrogen-bond donors (Lipinski definition) is 1. The van der Waals surface area contributed by atoms with Gasteiger partial charge < -0.3 is 4.57 Å². The van der Waals surface area contributed by atoms with Crippen molar-refractivity contribution >= 4 is 28.6 Å². The van der Waals surface area contributed by atoms with Crippen LogP contribution in [0.4, 0.5) is 11.5 Å². The van der Waals surface area contributed by atoms with Crippen molar-refractivity contribution in [3.63, 3.8) is 0 Å². The summed E-state index contributed by atoms with van der Waals surface area (Å²) in [4.78, 5) is 14.2. The number of pyridine rings is 1. The van der Waals surface area contributed by atoms with Gasteiger partial charge in [-0.2, -0.15) is 10.4 Å². The first-order valence-electron chi connectivity index (χ1n) is 9.11. The maximum atomic E-state index is 10.7. The molecule has 2 aromatic carbocycles. The third-order valence-corrected chi connectivity index (χ3v) is 4.64. The van der Waals surface area contributed by atoms with E-state index in [0.29, 0.717) is 17.9 Å². The van der Waals surface area contributed by atoms with Crippen molar-refractivity contribution in [2.24, 2.45) is 5.10 Å². The summed E-state index contributed by atoms with van der Waals surface area (Å²) in [6.07, 6.45) is 4.84. The highest BCUT2D eigenvalue weighted by molar-refractivity contribution is 5.99. The van der Waals surface area contributed by atoms with Crippen LogP contribution in [0.3, 0.4) is 0 Å². The van der Waals surface area contributed by atoms with Crippen molar-refractivity contribution < 1.29 is 4.92 Å². The number of nitro groups is 1. The summed E-state index contributed by atoms with van der Waals surface area (Å²) in [6.45, 7) is 0.565. The summed E-state index contributed by atoms with van der Waals surface area (Å²) < 4.78 is 2.08. The van der Waals surface area contributed by atoms with Crippen molar-refractivity contribution in [2.75, 3.05) is 5.43 Å². The zero-order chi connectivity index (χ0) is 20.9. The minimum absolute atomic E-state index is 0.0785. The lowest BCUT2D eigenvalue weighted by Gasteiger charge is -2.07. The van der Waals surface area contributed by atoms with Crippen molar-refractivity contribution in [1.29, 1.82) is 5.26 Å². The lowest BCUT2D eigenvalue weighted by atomic mass is 10.1. The van der Waals surface area contributed by atoms with E-state index in [-0.39, 0.29) is 5.69 Å². The number of nitrogens with one attached hydrogen (secondary N) is 1. The number of hydrazone groups is 1. The van der Waals surface area contributed by atoms with Crippen molar-refractivity contribution in [2.45, 2.75) is 6.54 Å². The molecule has 2 heterocycles. The molecule has 0 saturated heterocycles. The van der Waals surface area contributed by atoms with Gasteiger partial charge in [0.25, 0.3) is 5.69 Å². The zero-order valence-electron chi connectivity index (χ0n) is 15.8. The predicted octanol–water partition coefficient (Wildman–Crippen LogP) is 4.31.